The number of hydrogen-bond donors (Lipinski definition) is 1. The van der Waals surface area contributed by atoms with E-state index >= 15 is 0 Å². The molecule has 1 heterocycles. The zero-order chi connectivity index (χ0) is 17.3. The fraction of sp³-hybridized carbons (Fsp3) is 0.176. The second-order valence-corrected chi connectivity index (χ2v) is 6.38. The van der Waals surface area contributed by atoms with Crippen molar-refractivity contribution in [3.05, 3.63) is 63.9 Å². The summed E-state index contributed by atoms with van der Waals surface area (Å²) < 4.78 is 40.5. The van der Waals surface area contributed by atoms with Crippen molar-refractivity contribution in [2.45, 2.75) is 19.3 Å². The Morgan fingerprint density at radius 2 is 1.92 bits per heavy atom. The van der Waals surface area contributed by atoms with E-state index < -0.39 is 23.4 Å². The topological polar surface area (TPSA) is 50.2 Å². The van der Waals surface area contributed by atoms with Crippen LogP contribution < -0.4 is 0 Å². The number of carboxylic acid groups (broad SMARTS) is 1. The third-order valence-corrected chi connectivity index (χ3v) is 4.71. The van der Waals surface area contributed by atoms with Gasteiger partial charge >= 0.3 is 5.97 Å². The van der Waals surface area contributed by atoms with E-state index in [1.54, 1.807) is 12.1 Å². The predicted octanol–water partition coefficient (Wildman–Crippen LogP) is 4.59. The van der Waals surface area contributed by atoms with Crippen molar-refractivity contribution in [3.63, 3.8) is 0 Å². The molecule has 3 nitrogen and oxygen atoms in total. The number of hydrogen-bond acceptors (Lipinski definition) is 3. The van der Waals surface area contributed by atoms with Crippen molar-refractivity contribution in [1.29, 1.82) is 0 Å². The first-order valence-electron chi connectivity index (χ1n) is 7.21. The molecule has 24 heavy (non-hydrogen) atoms. The van der Waals surface area contributed by atoms with Gasteiger partial charge in [-0.15, -0.1) is 11.3 Å². The normalized spacial score (nSPS) is 11.1. The molecule has 0 fully saturated rings. The molecule has 7 heteroatoms. The molecular formula is C17H12F3NO2S. The van der Waals surface area contributed by atoms with Crippen LogP contribution in [0, 0.1) is 17.5 Å². The molecule has 0 aliphatic rings. The number of aromatic nitrogens is 1. The van der Waals surface area contributed by atoms with E-state index in [2.05, 4.69) is 4.98 Å². The van der Waals surface area contributed by atoms with E-state index in [9.17, 15) is 18.0 Å². The second-order valence-electron chi connectivity index (χ2n) is 5.30. The number of carboxylic acids is 1. The average Bonchev–Trinajstić information content (AvgIpc) is 2.98. The smallest absolute Gasteiger partial charge is 0.335 e. The molecule has 0 aliphatic heterocycles. The molecule has 0 saturated carbocycles. The van der Waals surface area contributed by atoms with Gasteiger partial charge in [-0.05, 0) is 37.0 Å². The fourth-order valence-electron chi connectivity index (χ4n) is 2.44. The van der Waals surface area contributed by atoms with Crippen molar-refractivity contribution in [3.8, 4) is 0 Å². The van der Waals surface area contributed by atoms with Crippen LogP contribution in [0.5, 0.6) is 0 Å². The Bertz CT molecular complexity index is 924. The summed E-state index contributed by atoms with van der Waals surface area (Å²) in [5.41, 5.74) is 0.798. The zero-order valence-electron chi connectivity index (χ0n) is 12.4. The molecule has 0 atom stereocenters. The summed E-state index contributed by atoms with van der Waals surface area (Å²) >= 11 is 1.00. The molecule has 1 aromatic heterocycles. The van der Waals surface area contributed by atoms with Gasteiger partial charge in [0.1, 0.15) is 11.3 Å². The Hall–Kier alpha value is -2.41. The molecular weight excluding hydrogens is 339 g/mol. The van der Waals surface area contributed by atoms with Gasteiger partial charge in [-0.1, -0.05) is 12.1 Å². The fourth-order valence-corrected chi connectivity index (χ4v) is 3.45. The van der Waals surface area contributed by atoms with Gasteiger partial charge < -0.3 is 5.11 Å². The first kappa shape index (κ1) is 16.4. The molecule has 3 aromatic rings. The SMILES string of the molecule is O=C(O)c1cccc(CCCc2nc3c(F)c(F)cc(F)c3s2)c1. The number of aromatic carboxylic acids is 1. The van der Waals surface area contributed by atoms with Gasteiger partial charge in [-0.25, -0.2) is 22.9 Å². The molecule has 1 N–H and O–H groups in total. The Labute approximate surface area is 139 Å². The van der Waals surface area contributed by atoms with E-state index in [-0.39, 0.29) is 15.8 Å². The minimum absolute atomic E-state index is 0.0109. The van der Waals surface area contributed by atoms with Gasteiger partial charge in [0.25, 0.3) is 0 Å². The highest BCUT2D eigenvalue weighted by Gasteiger charge is 2.17. The summed E-state index contributed by atoms with van der Waals surface area (Å²) in [5.74, 6) is -4.19. The van der Waals surface area contributed by atoms with Gasteiger partial charge in [0.2, 0.25) is 0 Å². The van der Waals surface area contributed by atoms with Crippen LogP contribution in [0.25, 0.3) is 10.2 Å². The summed E-state index contributed by atoms with van der Waals surface area (Å²) in [5, 5.41) is 9.47. The van der Waals surface area contributed by atoms with Crippen LogP contribution in [0.3, 0.4) is 0 Å². The Kier molecular flexibility index (Phi) is 4.53. The first-order valence-corrected chi connectivity index (χ1v) is 8.02. The number of benzene rings is 2. The highest BCUT2D eigenvalue weighted by Crippen LogP contribution is 2.29. The summed E-state index contributed by atoms with van der Waals surface area (Å²) in [6.45, 7) is 0. The molecule has 0 bridgehead atoms. The molecule has 3 rings (SSSR count). The number of carbonyl (C=O) groups is 1. The van der Waals surface area contributed by atoms with Crippen LogP contribution in [-0.4, -0.2) is 16.1 Å². The Morgan fingerprint density at radius 3 is 2.67 bits per heavy atom. The summed E-state index contributed by atoms with van der Waals surface area (Å²) in [6.07, 6.45) is 1.71. The minimum atomic E-state index is -1.25. The van der Waals surface area contributed by atoms with E-state index in [1.165, 1.54) is 6.07 Å². The molecule has 0 amide bonds. The van der Waals surface area contributed by atoms with Gasteiger partial charge in [-0.2, -0.15) is 0 Å². The van der Waals surface area contributed by atoms with Crippen LogP contribution in [0.4, 0.5) is 13.2 Å². The number of nitrogens with zero attached hydrogens (tertiary/aromatic N) is 1. The summed E-state index contributed by atoms with van der Waals surface area (Å²) in [4.78, 5) is 14.9. The molecule has 0 aliphatic carbocycles. The lowest BCUT2D eigenvalue weighted by Gasteiger charge is -2.01. The van der Waals surface area contributed by atoms with Crippen molar-refractivity contribution < 1.29 is 23.1 Å². The minimum Gasteiger partial charge on any atom is -0.478 e. The third-order valence-electron chi connectivity index (χ3n) is 3.59. The molecule has 0 radical (unpaired) electrons. The Morgan fingerprint density at radius 1 is 1.12 bits per heavy atom. The van der Waals surface area contributed by atoms with Crippen LogP contribution in [0.1, 0.15) is 27.3 Å². The highest BCUT2D eigenvalue weighted by atomic mass is 32.1. The van der Waals surface area contributed by atoms with E-state index in [4.69, 9.17) is 5.11 Å². The molecule has 0 spiro atoms. The van der Waals surface area contributed by atoms with Gasteiger partial charge in [0.05, 0.1) is 15.3 Å². The van der Waals surface area contributed by atoms with E-state index in [1.807, 2.05) is 6.07 Å². The number of fused-ring (bicyclic) bond motifs is 1. The average molecular weight is 351 g/mol. The number of aryl methyl sites for hydroxylation is 2. The van der Waals surface area contributed by atoms with Crippen LogP contribution in [0.2, 0.25) is 0 Å². The maximum Gasteiger partial charge on any atom is 0.335 e. The van der Waals surface area contributed by atoms with Crippen LogP contribution in [0.15, 0.2) is 30.3 Å². The molecule has 0 saturated heterocycles. The van der Waals surface area contributed by atoms with Crippen molar-refractivity contribution in [2.24, 2.45) is 0 Å². The number of halogens is 3. The van der Waals surface area contributed by atoms with Crippen LogP contribution >= 0.6 is 11.3 Å². The van der Waals surface area contributed by atoms with Crippen molar-refractivity contribution >= 4 is 27.5 Å². The highest BCUT2D eigenvalue weighted by molar-refractivity contribution is 7.18. The lowest BCUT2D eigenvalue weighted by molar-refractivity contribution is 0.0696. The first-order chi connectivity index (χ1) is 11.5. The van der Waals surface area contributed by atoms with Gasteiger partial charge in [0, 0.05) is 6.07 Å². The monoisotopic (exact) mass is 351 g/mol. The third kappa shape index (κ3) is 3.26. The lowest BCUT2D eigenvalue weighted by atomic mass is 10.1. The van der Waals surface area contributed by atoms with Gasteiger partial charge in [0.15, 0.2) is 11.6 Å². The molecule has 2 aromatic carbocycles. The Balaban J connectivity index is 1.72. The lowest BCUT2D eigenvalue weighted by Crippen LogP contribution is -1.97. The maximum atomic E-state index is 13.7. The van der Waals surface area contributed by atoms with Crippen molar-refractivity contribution in [1.82, 2.24) is 4.98 Å². The quantitative estimate of drug-likeness (QED) is 0.684. The van der Waals surface area contributed by atoms with E-state index in [0.717, 1.165) is 16.9 Å². The predicted molar refractivity (Wildman–Crippen MR) is 84.9 cm³/mol. The zero-order valence-corrected chi connectivity index (χ0v) is 13.2. The standard InChI is InChI=1S/C17H12F3NO2S/c18-11-8-12(19)16-15(14(11)20)21-13(24-16)6-2-4-9-3-1-5-10(7-9)17(22)23/h1,3,5,7-8H,2,4,6H2,(H,22,23). The molecule has 0 unspecified atom stereocenters. The summed E-state index contributed by atoms with van der Waals surface area (Å²) in [6, 6.07) is 7.12. The van der Waals surface area contributed by atoms with Crippen molar-refractivity contribution in [2.75, 3.05) is 0 Å². The number of rotatable bonds is 5. The maximum absolute atomic E-state index is 13.7. The number of thiazole rings is 1. The second kappa shape index (κ2) is 6.60. The van der Waals surface area contributed by atoms with E-state index in [0.29, 0.717) is 30.3 Å². The molecule has 124 valence electrons. The van der Waals surface area contributed by atoms with Gasteiger partial charge in [-0.3, -0.25) is 0 Å². The summed E-state index contributed by atoms with van der Waals surface area (Å²) in [7, 11) is 0. The largest absolute Gasteiger partial charge is 0.478 e. The van der Waals surface area contributed by atoms with Crippen LogP contribution in [-0.2, 0) is 12.8 Å².